The van der Waals surface area contributed by atoms with Gasteiger partial charge >= 0.3 is 0 Å². The summed E-state index contributed by atoms with van der Waals surface area (Å²) in [5.41, 5.74) is 0.0894. The third kappa shape index (κ3) is 5.09. The number of hydrogen-bond donors (Lipinski definition) is 2. The van der Waals surface area contributed by atoms with Gasteiger partial charge in [0.1, 0.15) is 6.61 Å². The maximum atomic E-state index is 11.7. The molecular weight excluding hydrogens is 244 g/mol. The van der Waals surface area contributed by atoms with E-state index in [4.69, 9.17) is 9.47 Å². The summed E-state index contributed by atoms with van der Waals surface area (Å²) in [6.07, 6.45) is 4.60. The summed E-state index contributed by atoms with van der Waals surface area (Å²) < 4.78 is 10.7. The SMILES string of the molecule is COCC1(CNC(=O)COCC2CC2)CCNCC1. The fraction of sp³-hybridized carbons (Fsp3) is 0.929. The van der Waals surface area contributed by atoms with E-state index in [2.05, 4.69) is 10.6 Å². The lowest BCUT2D eigenvalue weighted by Crippen LogP contribution is -2.47. The molecule has 1 saturated heterocycles. The Morgan fingerprint density at radius 1 is 1.37 bits per heavy atom. The molecule has 1 amide bonds. The number of carbonyl (C=O) groups is 1. The number of ether oxygens (including phenoxy) is 2. The quantitative estimate of drug-likeness (QED) is 0.676. The molecule has 1 saturated carbocycles. The van der Waals surface area contributed by atoms with Gasteiger partial charge in [-0.1, -0.05) is 0 Å². The molecule has 5 nitrogen and oxygen atoms in total. The van der Waals surface area contributed by atoms with Gasteiger partial charge in [0.15, 0.2) is 0 Å². The summed E-state index contributed by atoms with van der Waals surface area (Å²) in [5.74, 6) is 0.701. The highest BCUT2D eigenvalue weighted by Crippen LogP contribution is 2.29. The molecule has 5 heteroatoms. The normalized spacial score (nSPS) is 22.2. The summed E-state index contributed by atoms with van der Waals surface area (Å²) >= 11 is 0. The first-order valence-electron chi connectivity index (χ1n) is 7.28. The van der Waals surface area contributed by atoms with Crippen molar-refractivity contribution >= 4 is 5.91 Å². The highest BCUT2D eigenvalue weighted by molar-refractivity contribution is 5.77. The molecule has 0 unspecified atom stereocenters. The van der Waals surface area contributed by atoms with Crippen LogP contribution in [0.5, 0.6) is 0 Å². The van der Waals surface area contributed by atoms with Gasteiger partial charge in [-0.3, -0.25) is 4.79 Å². The largest absolute Gasteiger partial charge is 0.384 e. The fourth-order valence-electron chi connectivity index (χ4n) is 2.58. The van der Waals surface area contributed by atoms with E-state index in [9.17, 15) is 4.79 Å². The Hall–Kier alpha value is -0.650. The van der Waals surface area contributed by atoms with Crippen molar-refractivity contribution in [2.75, 3.05) is 46.6 Å². The molecule has 0 spiro atoms. The predicted molar refractivity (Wildman–Crippen MR) is 73.0 cm³/mol. The molecule has 0 atom stereocenters. The molecule has 1 aliphatic carbocycles. The Balaban J connectivity index is 1.66. The molecule has 19 heavy (non-hydrogen) atoms. The zero-order chi connectivity index (χ0) is 13.6. The number of rotatable bonds is 8. The van der Waals surface area contributed by atoms with Crippen LogP contribution in [0.25, 0.3) is 0 Å². The minimum absolute atomic E-state index is 0.00494. The average molecular weight is 270 g/mol. The van der Waals surface area contributed by atoms with Crippen molar-refractivity contribution in [3.63, 3.8) is 0 Å². The van der Waals surface area contributed by atoms with Crippen LogP contribution in [-0.2, 0) is 14.3 Å². The van der Waals surface area contributed by atoms with E-state index in [-0.39, 0.29) is 17.9 Å². The third-order valence-electron chi connectivity index (χ3n) is 4.06. The van der Waals surface area contributed by atoms with Gasteiger partial charge in [0.25, 0.3) is 0 Å². The van der Waals surface area contributed by atoms with E-state index in [1.54, 1.807) is 7.11 Å². The minimum atomic E-state index is -0.00494. The molecule has 1 aliphatic heterocycles. The molecule has 0 bridgehead atoms. The summed E-state index contributed by atoms with van der Waals surface area (Å²) in [5, 5.41) is 6.35. The van der Waals surface area contributed by atoms with E-state index in [1.807, 2.05) is 0 Å². The van der Waals surface area contributed by atoms with Gasteiger partial charge in [-0.15, -0.1) is 0 Å². The van der Waals surface area contributed by atoms with Crippen LogP contribution in [0.3, 0.4) is 0 Å². The van der Waals surface area contributed by atoms with Crippen LogP contribution < -0.4 is 10.6 Å². The zero-order valence-electron chi connectivity index (χ0n) is 11.9. The number of hydrogen-bond acceptors (Lipinski definition) is 4. The number of carbonyl (C=O) groups excluding carboxylic acids is 1. The number of piperidine rings is 1. The first-order chi connectivity index (χ1) is 9.24. The second-order valence-electron chi connectivity index (χ2n) is 5.92. The molecular formula is C14H26N2O3. The van der Waals surface area contributed by atoms with Crippen molar-refractivity contribution in [3.05, 3.63) is 0 Å². The van der Waals surface area contributed by atoms with Crippen LogP contribution in [0, 0.1) is 11.3 Å². The highest BCUT2D eigenvalue weighted by atomic mass is 16.5. The Kier molecular flexibility index (Phi) is 5.60. The molecule has 0 aromatic rings. The van der Waals surface area contributed by atoms with Gasteiger partial charge in [-0.05, 0) is 44.7 Å². The maximum Gasteiger partial charge on any atom is 0.246 e. The standard InChI is InChI=1S/C14H26N2O3/c1-18-11-14(4-6-15-7-5-14)10-16-13(17)9-19-8-12-2-3-12/h12,15H,2-11H2,1H3,(H,16,17). The Bertz CT molecular complexity index is 281. The number of methoxy groups -OCH3 is 1. The van der Waals surface area contributed by atoms with Crippen LogP contribution in [0.1, 0.15) is 25.7 Å². The summed E-state index contributed by atoms with van der Waals surface area (Å²) in [6, 6.07) is 0. The van der Waals surface area contributed by atoms with Gasteiger partial charge in [-0.2, -0.15) is 0 Å². The van der Waals surface area contributed by atoms with Crippen LogP contribution in [-0.4, -0.2) is 52.5 Å². The van der Waals surface area contributed by atoms with Crippen molar-refractivity contribution < 1.29 is 14.3 Å². The van der Waals surface area contributed by atoms with E-state index < -0.39 is 0 Å². The smallest absolute Gasteiger partial charge is 0.246 e. The monoisotopic (exact) mass is 270 g/mol. The van der Waals surface area contributed by atoms with Crippen LogP contribution in [0.4, 0.5) is 0 Å². The Morgan fingerprint density at radius 3 is 2.74 bits per heavy atom. The molecule has 2 rings (SSSR count). The van der Waals surface area contributed by atoms with Gasteiger partial charge in [0.2, 0.25) is 5.91 Å². The van der Waals surface area contributed by atoms with Crippen LogP contribution in [0.2, 0.25) is 0 Å². The first kappa shape index (κ1) is 14.8. The van der Waals surface area contributed by atoms with Crippen molar-refractivity contribution in [3.8, 4) is 0 Å². The molecule has 0 aromatic carbocycles. The molecule has 2 N–H and O–H groups in total. The molecule has 110 valence electrons. The van der Waals surface area contributed by atoms with Crippen LogP contribution in [0.15, 0.2) is 0 Å². The fourth-order valence-corrected chi connectivity index (χ4v) is 2.58. The lowest BCUT2D eigenvalue weighted by molar-refractivity contribution is -0.126. The van der Waals surface area contributed by atoms with Gasteiger partial charge in [0, 0.05) is 19.1 Å². The predicted octanol–water partition coefficient (Wildman–Crippen LogP) is 0.545. The zero-order valence-corrected chi connectivity index (χ0v) is 11.9. The molecule has 0 aromatic heterocycles. The van der Waals surface area contributed by atoms with Crippen LogP contribution >= 0.6 is 0 Å². The first-order valence-corrected chi connectivity index (χ1v) is 7.28. The van der Waals surface area contributed by atoms with Crippen molar-refractivity contribution in [1.82, 2.24) is 10.6 Å². The van der Waals surface area contributed by atoms with E-state index in [1.165, 1.54) is 12.8 Å². The lowest BCUT2D eigenvalue weighted by Gasteiger charge is -2.37. The second-order valence-corrected chi connectivity index (χ2v) is 5.92. The highest BCUT2D eigenvalue weighted by Gasteiger charge is 2.32. The molecule has 2 aliphatic rings. The van der Waals surface area contributed by atoms with Gasteiger partial charge < -0.3 is 20.1 Å². The summed E-state index contributed by atoms with van der Waals surface area (Å²) in [7, 11) is 1.73. The Morgan fingerprint density at radius 2 is 2.11 bits per heavy atom. The molecule has 1 heterocycles. The summed E-state index contributed by atoms with van der Waals surface area (Å²) in [6.45, 7) is 4.32. The Labute approximate surface area is 115 Å². The van der Waals surface area contributed by atoms with Gasteiger partial charge in [0.05, 0.1) is 13.2 Å². The van der Waals surface area contributed by atoms with E-state index in [0.717, 1.165) is 32.5 Å². The number of amides is 1. The summed E-state index contributed by atoms with van der Waals surface area (Å²) in [4.78, 5) is 11.7. The topological polar surface area (TPSA) is 59.6 Å². The van der Waals surface area contributed by atoms with Crippen molar-refractivity contribution in [2.45, 2.75) is 25.7 Å². The minimum Gasteiger partial charge on any atom is -0.384 e. The lowest BCUT2D eigenvalue weighted by atomic mass is 9.79. The number of nitrogens with one attached hydrogen (secondary N) is 2. The van der Waals surface area contributed by atoms with E-state index >= 15 is 0 Å². The molecule has 2 fully saturated rings. The second kappa shape index (κ2) is 7.22. The van der Waals surface area contributed by atoms with E-state index in [0.29, 0.717) is 19.1 Å². The van der Waals surface area contributed by atoms with Gasteiger partial charge in [-0.25, -0.2) is 0 Å². The van der Waals surface area contributed by atoms with Crippen molar-refractivity contribution in [1.29, 1.82) is 0 Å². The maximum absolute atomic E-state index is 11.7. The third-order valence-corrected chi connectivity index (χ3v) is 4.06. The van der Waals surface area contributed by atoms with Crippen molar-refractivity contribution in [2.24, 2.45) is 11.3 Å². The molecule has 0 radical (unpaired) electrons. The average Bonchev–Trinajstić information content (AvgIpc) is 3.22.